The van der Waals surface area contributed by atoms with Gasteiger partial charge in [-0.15, -0.1) is 0 Å². The van der Waals surface area contributed by atoms with Gasteiger partial charge in [-0.1, -0.05) is 12.1 Å². The van der Waals surface area contributed by atoms with E-state index < -0.39 is 16.0 Å². The van der Waals surface area contributed by atoms with Crippen LogP contribution < -0.4 is 9.57 Å². The molecule has 8 heteroatoms. The van der Waals surface area contributed by atoms with Crippen molar-refractivity contribution in [1.82, 2.24) is 4.83 Å². The highest BCUT2D eigenvalue weighted by Crippen LogP contribution is 2.16. The summed E-state index contributed by atoms with van der Waals surface area (Å²) in [5.74, 6) is -0.0603. The van der Waals surface area contributed by atoms with Crippen molar-refractivity contribution in [2.45, 2.75) is 4.90 Å². The third-order valence-electron chi connectivity index (χ3n) is 3.08. The zero-order valence-corrected chi connectivity index (χ0v) is 13.9. The summed E-state index contributed by atoms with van der Waals surface area (Å²) in [6.45, 7) is 0. The van der Waals surface area contributed by atoms with Gasteiger partial charge < -0.3 is 9.47 Å². The SMILES string of the molecule is COC(=O)c1ccccc1S(=O)(=O)NN=Cc1ccc(OC)cc1. The Labute approximate surface area is 140 Å². The van der Waals surface area contributed by atoms with Crippen LogP contribution in [-0.4, -0.2) is 34.8 Å². The Morgan fingerprint density at radius 3 is 2.38 bits per heavy atom. The van der Waals surface area contributed by atoms with Gasteiger partial charge in [0.2, 0.25) is 0 Å². The average Bonchev–Trinajstić information content (AvgIpc) is 2.61. The van der Waals surface area contributed by atoms with Gasteiger partial charge in [0.15, 0.2) is 0 Å². The zero-order chi connectivity index (χ0) is 17.6. The summed E-state index contributed by atoms with van der Waals surface area (Å²) in [7, 11) is -1.27. The third-order valence-corrected chi connectivity index (χ3v) is 4.36. The second-order valence-electron chi connectivity index (χ2n) is 4.61. The summed E-state index contributed by atoms with van der Waals surface area (Å²) in [5.41, 5.74) is 0.618. The van der Waals surface area contributed by atoms with Crippen LogP contribution in [0.1, 0.15) is 15.9 Å². The fourth-order valence-electron chi connectivity index (χ4n) is 1.89. The van der Waals surface area contributed by atoms with Crippen molar-refractivity contribution in [1.29, 1.82) is 0 Å². The predicted octanol–water partition coefficient (Wildman–Crippen LogP) is 1.79. The molecule has 0 unspecified atom stereocenters. The maximum atomic E-state index is 12.3. The van der Waals surface area contributed by atoms with E-state index in [-0.39, 0.29) is 10.5 Å². The number of hydrogen-bond donors (Lipinski definition) is 1. The molecule has 0 saturated heterocycles. The predicted molar refractivity (Wildman–Crippen MR) is 88.7 cm³/mol. The van der Waals surface area contributed by atoms with Crippen LogP contribution in [0, 0.1) is 0 Å². The van der Waals surface area contributed by atoms with Crippen LogP contribution in [0.2, 0.25) is 0 Å². The van der Waals surface area contributed by atoms with Gasteiger partial charge in [0.1, 0.15) is 10.6 Å². The van der Waals surface area contributed by atoms with Crippen molar-refractivity contribution < 1.29 is 22.7 Å². The monoisotopic (exact) mass is 348 g/mol. The van der Waals surface area contributed by atoms with Crippen LogP contribution in [-0.2, 0) is 14.8 Å². The maximum absolute atomic E-state index is 12.3. The second-order valence-corrected chi connectivity index (χ2v) is 6.24. The first-order valence-electron chi connectivity index (χ1n) is 6.84. The van der Waals surface area contributed by atoms with Gasteiger partial charge >= 0.3 is 5.97 Å². The summed E-state index contributed by atoms with van der Waals surface area (Å²) in [5, 5.41) is 3.72. The summed E-state index contributed by atoms with van der Waals surface area (Å²) in [6, 6.07) is 12.6. The Morgan fingerprint density at radius 1 is 1.08 bits per heavy atom. The lowest BCUT2D eigenvalue weighted by Gasteiger charge is -2.08. The van der Waals surface area contributed by atoms with E-state index in [0.717, 1.165) is 0 Å². The molecule has 0 amide bonds. The van der Waals surface area contributed by atoms with E-state index >= 15 is 0 Å². The number of nitrogens with zero attached hydrogens (tertiary/aromatic N) is 1. The van der Waals surface area contributed by atoms with E-state index in [2.05, 4.69) is 14.7 Å². The molecule has 0 spiro atoms. The standard InChI is InChI=1S/C16H16N2O5S/c1-22-13-9-7-12(8-10-13)11-17-18-24(20,21)15-6-4-3-5-14(15)16(19)23-2/h3-11,18H,1-2H3. The smallest absolute Gasteiger partial charge is 0.339 e. The molecule has 0 aliphatic rings. The van der Waals surface area contributed by atoms with Crippen LogP contribution >= 0.6 is 0 Å². The molecule has 126 valence electrons. The number of hydrazone groups is 1. The Morgan fingerprint density at radius 2 is 1.75 bits per heavy atom. The van der Waals surface area contributed by atoms with Crippen molar-refractivity contribution in [3.05, 3.63) is 59.7 Å². The molecule has 1 N–H and O–H groups in total. The molecule has 0 aliphatic carbocycles. The van der Waals surface area contributed by atoms with Gasteiger partial charge in [-0.05, 0) is 42.0 Å². The molecule has 7 nitrogen and oxygen atoms in total. The van der Waals surface area contributed by atoms with E-state index in [1.54, 1.807) is 37.4 Å². The Kier molecular flexibility index (Phi) is 5.54. The number of nitrogens with one attached hydrogen (secondary N) is 1. The zero-order valence-electron chi connectivity index (χ0n) is 13.1. The fraction of sp³-hybridized carbons (Fsp3) is 0.125. The first-order valence-corrected chi connectivity index (χ1v) is 8.32. The molecule has 0 fully saturated rings. The third kappa shape index (κ3) is 4.11. The summed E-state index contributed by atoms with van der Waals surface area (Å²) in [6.07, 6.45) is 1.34. The fourth-order valence-corrected chi connectivity index (χ4v) is 2.88. The number of ether oxygens (including phenoxy) is 2. The molecule has 0 aliphatic heterocycles. The second kappa shape index (κ2) is 7.60. The Balaban J connectivity index is 2.19. The largest absolute Gasteiger partial charge is 0.497 e. The quantitative estimate of drug-likeness (QED) is 0.488. The number of benzene rings is 2. The van der Waals surface area contributed by atoms with E-state index in [0.29, 0.717) is 11.3 Å². The Bertz CT molecular complexity index is 845. The van der Waals surface area contributed by atoms with Crippen molar-refractivity contribution in [2.75, 3.05) is 14.2 Å². The van der Waals surface area contributed by atoms with E-state index in [4.69, 9.17) is 4.74 Å². The number of sulfonamides is 1. The van der Waals surface area contributed by atoms with E-state index in [1.165, 1.54) is 31.5 Å². The molecule has 2 aromatic rings. The van der Waals surface area contributed by atoms with Gasteiger partial charge in [-0.2, -0.15) is 13.5 Å². The minimum Gasteiger partial charge on any atom is -0.497 e. The molecular formula is C16H16N2O5S. The van der Waals surface area contributed by atoms with Crippen LogP contribution in [0.15, 0.2) is 58.5 Å². The highest BCUT2D eigenvalue weighted by atomic mass is 32.2. The number of carbonyl (C=O) groups is 1. The van der Waals surface area contributed by atoms with Crippen molar-refractivity contribution >= 4 is 22.2 Å². The number of carbonyl (C=O) groups excluding carboxylic acids is 1. The molecule has 0 bridgehead atoms. The molecular weight excluding hydrogens is 332 g/mol. The maximum Gasteiger partial charge on any atom is 0.339 e. The lowest BCUT2D eigenvalue weighted by molar-refractivity contribution is 0.0596. The molecule has 2 aromatic carbocycles. The topological polar surface area (TPSA) is 94.1 Å². The molecule has 24 heavy (non-hydrogen) atoms. The number of methoxy groups -OCH3 is 2. The van der Waals surface area contributed by atoms with Gasteiger partial charge in [0.05, 0.1) is 26.0 Å². The minimum atomic E-state index is -4.00. The number of hydrogen-bond acceptors (Lipinski definition) is 6. The van der Waals surface area contributed by atoms with Gasteiger partial charge in [0.25, 0.3) is 10.0 Å². The highest BCUT2D eigenvalue weighted by molar-refractivity contribution is 7.89. The van der Waals surface area contributed by atoms with Gasteiger partial charge in [-0.3, -0.25) is 0 Å². The van der Waals surface area contributed by atoms with Crippen molar-refractivity contribution in [3.8, 4) is 5.75 Å². The van der Waals surface area contributed by atoms with Crippen LogP contribution in [0.25, 0.3) is 0 Å². The van der Waals surface area contributed by atoms with Gasteiger partial charge in [0, 0.05) is 0 Å². The molecule has 0 radical (unpaired) electrons. The summed E-state index contributed by atoms with van der Waals surface area (Å²) in [4.78, 5) is 13.5. The van der Waals surface area contributed by atoms with Crippen molar-refractivity contribution in [2.24, 2.45) is 5.10 Å². The first kappa shape index (κ1) is 17.5. The highest BCUT2D eigenvalue weighted by Gasteiger charge is 2.21. The molecule has 0 aromatic heterocycles. The number of rotatable bonds is 6. The van der Waals surface area contributed by atoms with Crippen molar-refractivity contribution in [3.63, 3.8) is 0 Å². The van der Waals surface area contributed by atoms with Crippen LogP contribution in [0.5, 0.6) is 5.75 Å². The molecule has 0 atom stereocenters. The molecule has 0 saturated carbocycles. The summed E-state index contributed by atoms with van der Waals surface area (Å²) >= 11 is 0. The molecule has 2 rings (SSSR count). The van der Waals surface area contributed by atoms with E-state index in [9.17, 15) is 13.2 Å². The number of esters is 1. The lowest BCUT2D eigenvalue weighted by atomic mass is 10.2. The lowest BCUT2D eigenvalue weighted by Crippen LogP contribution is -2.21. The van der Waals surface area contributed by atoms with Gasteiger partial charge in [-0.25, -0.2) is 9.63 Å². The first-order chi connectivity index (χ1) is 11.5. The Hall–Kier alpha value is -2.87. The minimum absolute atomic E-state index is 0.0628. The van der Waals surface area contributed by atoms with Crippen LogP contribution in [0.4, 0.5) is 0 Å². The van der Waals surface area contributed by atoms with Crippen LogP contribution in [0.3, 0.4) is 0 Å². The molecule has 0 heterocycles. The normalized spacial score (nSPS) is 11.2. The van der Waals surface area contributed by atoms with E-state index in [1.807, 2.05) is 0 Å². The average molecular weight is 348 g/mol. The summed E-state index contributed by atoms with van der Waals surface area (Å²) < 4.78 is 34.2.